The number of benzene rings is 1. The Morgan fingerprint density at radius 2 is 1.84 bits per heavy atom. The van der Waals surface area contributed by atoms with Gasteiger partial charge in [-0.15, -0.1) is 0 Å². The molecule has 1 aromatic carbocycles. The highest BCUT2D eigenvalue weighted by atomic mass is 19.1. The summed E-state index contributed by atoms with van der Waals surface area (Å²) in [6, 6.07) is 2.35. The van der Waals surface area contributed by atoms with Gasteiger partial charge in [0, 0.05) is 25.9 Å². The SMILES string of the molecule is CC(=O)N[C@@H]1OC(=O)C(c2cc(F)c(N3CCOCC3)c(F)c2)C1C. The van der Waals surface area contributed by atoms with Gasteiger partial charge >= 0.3 is 5.97 Å². The second kappa shape index (κ2) is 6.95. The number of amides is 1. The summed E-state index contributed by atoms with van der Waals surface area (Å²) in [5.74, 6) is -3.67. The molecule has 6 nitrogen and oxygen atoms in total. The van der Waals surface area contributed by atoms with Crippen LogP contribution in [0.2, 0.25) is 0 Å². The van der Waals surface area contributed by atoms with Crippen LogP contribution < -0.4 is 10.2 Å². The first-order valence-electron chi connectivity index (χ1n) is 8.17. The number of morpholine rings is 1. The number of halogens is 2. The maximum atomic E-state index is 14.6. The third kappa shape index (κ3) is 3.44. The van der Waals surface area contributed by atoms with E-state index in [-0.39, 0.29) is 17.2 Å². The molecular formula is C17H20F2N2O4. The van der Waals surface area contributed by atoms with Crippen LogP contribution in [0.3, 0.4) is 0 Å². The van der Waals surface area contributed by atoms with Crippen molar-refractivity contribution in [2.45, 2.75) is 26.0 Å². The predicted molar refractivity (Wildman–Crippen MR) is 85.0 cm³/mol. The Kier molecular flexibility index (Phi) is 4.89. The summed E-state index contributed by atoms with van der Waals surface area (Å²) in [6.45, 7) is 4.63. The van der Waals surface area contributed by atoms with Crippen LogP contribution in [0, 0.1) is 17.6 Å². The molecule has 0 saturated carbocycles. The number of carbonyl (C=O) groups is 2. The van der Waals surface area contributed by atoms with Gasteiger partial charge in [0.2, 0.25) is 5.91 Å². The Balaban J connectivity index is 1.88. The van der Waals surface area contributed by atoms with Crippen molar-refractivity contribution in [3.8, 4) is 0 Å². The zero-order valence-electron chi connectivity index (χ0n) is 14.1. The number of cyclic esters (lactones) is 1. The molecule has 25 heavy (non-hydrogen) atoms. The molecule has 2 aliphatic heterocycles. The van der Waals surface area contributed by atoms with Crippen LogP contribution in [0.15, 0.2) is 12.1 Å². The van der Waals surface area contributed by atoms with Gasteiger partial charge < -0.3 is 19.7 Å². The van der Waals surface area contributed by atoms with E-state index >= 15 is 0 Å². The average Bonchev–Trinajstić information content (AvgIpc) is 2.81. The molecular weight excluding hydrogens is 334 g/mol. The largest absolute Gasteiger partial charge is 0.441 e. The Hall–Kier alpha value is -2.22. The van der Waals surface area contributed by atoms with E-state index in [0.717, 1.165) is 0 Å². The number of ether oxygens (including phenoxy) is 2. The van der Waals surface area contributed by atoms with E-state index < -0.39 is 35.7 Å². The van der Waals surface area contributed by atoms with E-state index in [4.69, 9.17) is 9.47 Å². The quantitative estimate of drug-likeness (QED) is 0.834. The molecule has 2 heterocycles. The van der Waals surface area contributed by atoms with Crippen molar-refractivity contribution in [2.75, 3.05) is 31.2 Å². The van der Waals surface area contributed by atoms with Gasteiger partial charge in [0.15, 0.2) is 6.23 Å². The fourth-order valence-electron chi connectivity index (χ4n) is 3.35. The number of hydrogen-bond acceptors (Lipinski definition) is 5. The second-order valence-corrected chi connectivity index (χ2v) is 6.33. The minimum Gasteiger partial charge on any atom is -0.441 e. The maximum absolute atomic E-state index is 14.6. The van der Waals surface area contributed by atoms with Crippen LogP contribution in [0.5, 0.6) is 0 Å². The van der Waals surface area contributed by atoms with Crippen molar-refractivity contribution in [3.63, 3.8) is 0 Å². The van der Waals surface area contributed by atoms with Crippen LogP contribution in [-0.4, -0.2) is 44.4 Å². The lowest BCUT2D eigenvalue weighted by Gasteiger charge is -2.29. The Labute approximate surface area is 144 Å². The smallest absolute Gasteiger partial charge is 0.315 e. The number of esters is 1. The van der Waals surface area contributed by atoms with Crippen molar-refractivity contribution in [1.29, 1.82) is 0 Å². The van der Waals surface area contributed by atoms with E-state index in [0.29, 0.717) is 26.3 Å². The molecule has 2 unspecified atom stereocenters. The van der Waals surface area contributed by atoms with Crippen molar-refractivity contribution in [1.82, 2.24) is 5.32 Å². The molecule has 3 rings (SSSR count). The molecule has 1 N–H and O–H groups in total. The van der Waals surface area contributed by atoms with Gasteiger partial charge in [-0.2, -0.15) is 0 Å². The third-order valence-electron chi connectivity index (χ3n) is 4.57. The van der Waals surface area contributed by atoms with Gasteiger partial charge in [-0.25, -0.2) is 8.78 Å². The number of hydrogen-bond donors (Lipinski definition) is 1. The highest BCUT2D eigenvalue weighted by molar-refractivity contribution is 5.82. The summed E-state index contributed by atoms with van der Waals surface area (Å²) >= 11 is 0. The summed E-state index contributed by atoms with van der Waals surface area (Å²) in [6.07, 6.45) is -0.806. The number of anilines is 1. The fourth-order valence-corrected chi connectivity index (χ4v) is 3.35. The summed E-state index contributed by atoms with van der Waals surface area (Å²) in [5.41, 5.74) is 0.0989. The molecule has 2 saturated heterocycles. The molecule has 2 aliphatic rings. The summed E-state index contributed by atoms with van der Waals surface area (Å²) in [5, 5.41) is 2.52. The van der Waals surface area contributed by atoms with Crippen molar-refractivity contribution < 1.29 is 27.8 Å². The van der Waals surface area contributed by atoms with E-state index in [9.17, 15) is 18.4 Å². The third-order valence-corrected chi connectivity index (χ3v) is 4.57. The molecule has 1 amide bonds. The van der Waals surface area contributed by atoms with Crippen LogP contribution >= 0.6 is 0 Å². The van der Waals surface area contributed by atoms with Gasteiger partial charge in [0.1, 0.15) is 17.3 Å². The van der Waals surface area contributed by atoms with Gasteiger partial charge in [0.25, 0.3) is 0 Å². The molecule has 8 heteroatoms. The fraction of sp³-hybridized carbons (Fsp3) is 0.529. The van der Waals surface area contributed by atoms with Crippen molar-refractivity contribution in [2.24, 2.45) is 5.92 Å². The van der Waals surface area contributed by atoms with Crippen LogP contribution in [0.25, 0.3) is 0 Å². The van der Waals surface area contributed by atoms with Crippen LogP contribution in [0.4, 0.5) is 14.5 Å². The molecule has 136 valence electrons. The maximum Gasteiger partial charge on any atom is 0.315 e. The van der Waals surface area contributed by atoms with Crippen LogP contribution in [-0.2, 0) is 19.1 Å². The van der Waals surface area contributed by atoms with Gasteiger partial charge in [-0.1, -0.05) is 6.92 Å². The van der Waals surface area contributed by atoms with Gasteiger partial charge in [-0.3, -0.25) is 9.59 Å². The zero-order chi connectivity index (χ0) is 18.1. The molecule has 0 bridgehead atoms. The zero-order valence-corrected chi connectivity index (χ0v) is 14.1. The standard InChI is InChI=1S/C17H20F2N2O4/c1-9-14(17(23)25-16(9)20-10(2)22)11-7-12(18)15(13(19)8-11)21-3-5-24-6-4-21/h7-9,14,16H,3-6H2,1-2H3,(H,20,22)/t9?,14?,16-/m1/s1. The number of nitrogens with one attached hydrogen (secondary N) is 1. The first kappa shape index (κ1) is 17.6. The molecule has 0 spiro atoms. The van der Waals surface area contributed by atoms with Crippen LogP contribution in [0.1, 0.15) is 25.3 Å². The molecule has 1 aromatic rings. The van der Waals surface area contributed by atoms with Gasteiger partial charge in [0.05, 0.1) is 19.1 Å². The minimum absolute atomic E-state index is 0.107. The van der Waals surface area contributed by atoms with E-state index in [1.54, 1.807) is 11.8 Å². The first-order valence-corrected chi connectivity index (χ1v) is 8.17. The van der Waals surface area contributed by atoms with Gasteiger partial charge in [-0.05, 0) is 17.7 Å². The van der Waals surface area contributed by atoms with E-state index in [1.807, 2.05) is 0 Å². The summed E-state index contributed by atoms with van der Waals surface area (Å²) in [4.78, 5) is 24.9. The number of nitrogens with zero attached hydrogens (tertiary/aromatic N) is 1. The molecule has 0 aliphatic carbocycles. The number of carbonyl (C=O) groups excluding carboxylic acids is 2. The highest BCUT2D eigenvalue weighted by Gasteiger charge is 2.43. The average molecular weight is 354 g/mol. The normalized spacial score (nSPS) is 26.5. The van der Waals surface area contributed by atoms with E-state index in [1.165, 1.54) is 19.1 Å². The summed E-state index contributed by atoms with van der Waals surface area (Å²) < 4.78 is 39.5. The van der Waals surface area contributed by atoms with E-state index in [2.05, 4.69) is 5.32 Å². The lowest BCUT2D eigenvalue weighted by Crippen LogP contribution is -2.37. The summed E-state index contributed by atoms with van der Waals surface area (Å²) in [7, 11) is 0. The predicted octanol–water partition coefficient (Wildman–Crippen LogP) is 1.54. The molecule has 0 radical (unpaired) electrons. The minimum atomic E-state index is -0.834. The Morgan fingerprint density at radius 1 is 1.24 bits per heavy atom. The topological polar surface area (TPSA) is 67.9 Å². The Bertz CT molecular complexity index is 668. The Morgan fingerprint density at radius 3 is 2.40 bits per heavy atom. The molecule has 0 aromatic heterocycles. The highest BCUT2D eigenvalue weighted by Crippen LogP contribution is 2.38. The molecule has 3 atom stereocenters. The lowest BCUT2D eigenvalue weighted by atomic mass is 9.88. The second-order valence-electron chi connectivity index (χ2n) is 6.33. The van der Waals surface area contributed by atoms with Crippen molar-refractivity contribution in [3.05, 3.63) is 29.3 Å². The molecule has 2 fully saturated rings. The number of rotatable bonds is 3. The lowest BCUT2D eigenvalue weighted by molar-refractivity contribution is -0.144. The van der Waals surface area contributed by atoms with Crippen molar-refractivity contribution >= 4 is 17.6 Å². The monoisotopic (exact) mass is 354 g/mol. The first-order chi connectivity index (χ1) is 11.9.